The highest BCUT2D eigenvalue weighted by Crippen LogP contribution is 2.05. The molecule has 0 saturated carbocycles. The first-order valence-electron chi connectivity index (χ1n) is 12.7. The molecule has 4 amide bonds. The number of imide groups is 2. The molecule has 2 atom stereocenters. The van der Waals surface area contributed by atoms with E-state index in [1.807, 2.05) is 12.1 Å². The molecule has 0 radical (unpaired) electrons. The summed E-state index contributed by atoms with van der Waals surface area (Å²) in [5, 5.41) is 11.2. The van der Waals surface area contributed by atoms with E-state index in [1.54, 1.807) is 62.4 Å². The van der Waals surface area contributed by atoms with Crippen molar-refractivity contribution < 1.29 is 19.2 Å². The van der Waals surface area contributed by atoms with E-state index < -0.39 is 12.1 Å². The number of hydrogen-bond acceptors (Lipinski definition) is 6. The van der Waals surface area contributed by atoms with Crippen LogP contribution in [0.4, 0.5) is 0 Å². The normalized spacial score (nSPS) is 12.4. The zero-order valence-corrected chi connectivity index (χ0v) is 21.2. The van der Waals surface area contributed by atoms with Crippen LogP contribution in [0.3, 0.4) is 0 Å². The van der Waals surface area contributed by atoms with E-state index >= 15 is 0 Å². The second kappa shape index (κ2) is 16.3. The van der Waals surface area contributed by atoms with Crippen molar-refractivity contribution in [1.82, 2.24) is 21.3 Å². The molecule has 0 fully saturated rings. The zero-order chi connectivity index (χ0) is 26.2. The summed E-state index contributed by atoms with van der Waals surface area (Å²) < 4.78 is 0. The smallest absolute Gasteiger partial charge is 0.257 e. The summed E-state index contributed by atoms with van der Waals surface area (Å²) in [5.41, 5.74) is 0.924. The van der Waals surface area contributed by atoms with Crippen LogP contribution < -0.4 is 21.3 Å². The summed E-state index contributed by atoms with van der Waals surface area (Å²) in [6.07, 6.45) is 6.20. The summed E-state index contributed by atoms with van der Waals surface area (Å²) >= 11 is 0. The first-order valence-corrected chi connectivity index (χ1v) is 12.7. The molecule has 0 saturated heterocycles. The van der Waals surface area contributed by atoms with Crippen LogP contribution >= 0.6 is 0 Å². The molecule has 0 aromatic heterocycles. The molecule has 0 bridgehead atoms. The third kappa shape index (κ3) is 10.9. The van der Waals surface area contributed by atoms with Crippen molar-refractivity contribution in [2.75, 3.05) is 13.1 Å². The molecule has 2 unspecified atom stereocenters. The van der Waals surface area contributed by atoms with Crippen molar-refractivity contribution in [3.05, 3.63) is 71.8 Å². The second-order valence-corrected chi connectivity index (χ2v) is 8.84. The first-order chi connectivity index (χ1) is 17.4. The van der Waals surface area contributed by atoms with Gasteiger partial charge >= 0.3 is 0 Å². The molecule has 2 aromatic carbocycles. The van der Waals surface area contributed by atoms with Crippen LogP contribution in [0.1, 0.15) is 73.1 Å². The maximum absolute atomic E-state index is 12.2. The number of amides is 4. The standard InChI is InChI=1S/C28H38N4O4/c1-21(25(33)31-27(35)23-15-9-7-10-16-23)29-19-13-5-3-4-6-14-20-30-22(2)26(34)32-28(36)24-17-11-8-12-18-24/h7-12,15-18,21-22,29-30H,3-6,13-14,19-20H2,1-2H3,(H,31,33,35)(H,32,34,36). The Balaban J connectivity index is 1.45. The SMILES string of the molecule is CC(NCCCCCCCCNC(C)C(=O)NC(=O)c1ccccc1)C(=O)NC(=O)c1ccccc1. The largest absolute Gasteiger partial charge is 0.306 e. The minimum Gasteiger partial charge on any atom is -0.306 e. The van der Waals surface area contributed by atoms with Crippen LogP contribution in [-0.4, -0.2) is 48.8 Å². The van der Waals surface area contributed by atoms with Gasteiger partial charge in [0.25, 0.3) is 11.8 Å². The van der Waals surface area contributed by atoms with E-state index in [2.05, 4.69) is 21.3 Å². The lowest BCUT2D eigenvalue weighted by Gasteiger charge is -2.14. The third-order valence-corrected chi connectivity index (χ3v) is 5.84. The highest BCUT2D eigenvalue weighted by atomic mass is 16.2. The quantitative estimate of drug-likeness (QED) is 0.283. The molecule has 0 heterocycles. The van der Waals surface area contributed by atoms with Gasteiger partial charge in [-0.25, -0.2) is 0 Å². The van der Waals surface area contributed by atoms with Crippen molar-refractivity contribution in [3.63, 3.8) is 0 Å². The molecule has 0 aliphatic heterocycles. The van der Waals surface area contributed by atoms with Gasteiger partial charge in [0, 0.05) is 11.1 Å². The molecule has 2 rings (SSSR count). The predicted molar refractivity (Wildman–Crippen MR) is 140 cm³/mol. The Hall–Kier alpha value is -3.36. The summed E-state index contributed by atoms with van der Waals surface area (Å²) in [6, 6.07) is 16.5. The highest BCUT2D eigenvalue weighted by Gasteiger charge is 2.17. The minimum atomic E-state index is -0.439. The van der Waals surface area contributed by atoms with Crippen molar-refractivity contribution in [1.29, 1.82) is 0 Å². The minimum absolute atomic E-state index is 0.330. The fourth-order valence-electron chi connectivity index (χ4n) is 3.54. The second-order valence-electron chi connectivity index (χ2n) is 8.84. The van der Waals surface area contributed by atoms with Gasteiger partial charge in [0.1, 0.15) is 0 Å². The summed E-state index contributed by atoms with van der Waals surface area (Å²) in [5.74, 6) is -1.44. The van der Waals surface area contributed by atoms with Crippen LogP contribution in [0.15, 0.2) is 60.7 Å². The number of nitrogens with one attached hydrogen (secondary N) is 4. The molecule has 8 nitrogen and oxygen atoms in total. The van der Waals surface area contributed by atoms with E-state index in [0.717, 1.165) is 38.5 Å². The predicted octanol–water partition coefficient (Wildman–Crippen LogP) is 3.20. The average molecular weight is 495 g/mol. The zero-order valence-electron chi connectivity index (χ0n) is 21.2. The maximum atomic E-state index is 12.2. The van der Waals surface area contributed by atoms with E-state index in [0.29, 0.717) is 24.2 Å². The maximum Gasteiger partial charge on any atom is 0.257 e. The fraction of sp³-hybridized carbons (Fsp3) is 0.429. The molecule has 0 aliphatic carbocycles. The van der Waals surface area contributed by atoms with Gasteiger partial charge in [0.05, 0.1) is 12.1 Å². The van der Waals surface area contributed by atoms with E-state index in [9.17, 15) is 19.2 Å². The lowest BCUT2D eigenvalue weighted by molar-refractivity contribution is -0.122. The molecule has 36 heavy (non-hydrogen) atoms. The van der Waals surface area contributed by atoms with E-state index in [4.69, 9.17) is 0 Å². The Kier molecular flexibility index (Phi) is 13.1. The van der Waals surface area contributed by atoms with Crippen molar-refractivity contribution in [3.8, 4) is 0 Å². The number of carbonyl (C=O) groups excluding carboxylic acids is 4. The molecule has 194 valence electrons. The number of unbranched alkanes of at least 4 members (excludes halogenated alkanes) is 5. The van der Waals surface area contributed by atoms with Gasteiger partial charge in [0.2, 0.25) is 11.8 Å². The van der Waals surface area contributed by atoms with Crippen LogP contribution in [0.2, 0.25) is 0 Å². The van der Waals surface area contributed by atoms with Crippen LogP contribution in [0, 0.1) is 0 Å². The van der Waals surface area contributed by atoms with Gasteiger partial charge in [0.15, 0.2) is 0 Å². The molecule has 2 aromatic rings. The Labute approximate surface area is 213 Å². The lowest BCUT2D eigenvalue weighted by Crippen LogP contribution is -2.44. The van der Waals surface area contributed by atoms with Crippen LogP contribution in [-0.2, 0) is 9.59 Å². The first kappa shape index (κ1) is 28.9. The monoisotopic (exact) mass is 494 g/mol. The summed E-state index contributed by atoms with van der Waals surface area (Å²) in [6.45, 7) is 4.92. The third-order valence-electron chi connectivity index (χ3n) is 5.84. The Morgan fingerprint density at radius 3 is 1.25 bits per heavy atom. The van der Waals surface area contributed by atoms with Crippen molar-refractivity contribution >= 4 is 23.6 Å². The van der Waals surface area contributed by atoms with Crippen molar-refractivity contribution in [2.24, 2.45) is 0 Å². The Bertz CT molecular complexity index is 887. The van der Waals surface area contributed by atoms with Crippen LogP contribution in [0.25, 0.3) is 0 Å². The molecule has 8 heteroatoms. The summed E-state index contributed by atoms with van der Waals surface area (Å²) in [7, 11) is 0. The fourth-order valence-corrected chi connectivity index (χ4v) is 3.54. The van der Waals surface area contributed by atoms with Crippen LogP contribution in [0.5, 0.6) is 0 Å². The van der Waals surface area contributed by atoms with Gasteiger partial charge in [-0.1, -0.05) is 62.1 Å². The molecular weight excluding hydrogens is 456 g/mol. The Morgan fingerprint density at radius 2 is 0.889 bits per heavy atom. The lowest BCUT2D eigenvalue weighted by atomic mass is 10.1. The number of carbonyl (C=O) groups is 4. The highest BCUT2D eigenvalue weighted by molar-refractivity contribution is 6.06. The van der Waals surface area contributed by atoms with Gasteiger partial charge in [-0.2, -0.15) is 0 Å². The number of benzene rings is 2. The van der Waals surface area contributed by atoms with Gasteiger partial charge in [-0.3, -0.25) is 29.8 Å². The van der Waals surface area contributed by atoms with Gasteiger partial charge < -0.3 is 10.6 Å². The van der Waals surface area contributed by atoms with E-state index in [1.165, 1.54) is 0 Å². The molecule has 0 spiro atoms. The molecule has 4 N–H and O–H groups in total. The Morgan fingerprint density at radius 1 is 0.556 bits per heavy atom. The topological polar surface area (TPSA) is 116 Å². The molecular formula is C28H38N4O4. The van der Waals surface area contributed by atoms with Gasteiger partial charge in [-0.05, 0) is 64.0 Å². The van der Waals surface area contributed by atoms with Crippen molar-refractivity contribution in [2.45, 2.75) is 64.5 Å². The van der Waals surface area contributed by atoms with E-state index in [-0.39, 0.29) is 23.6 Å². The molecule has 0 aliphatic rings. The van der Waals surface area contributed by atoms with Gasteiger partial charge in [-0.15, -0.1) is 0 Å². The summed E-state index contributed by atoms with van der Waals surface area (Å²) in [4.78, 5) is 48.4. The average Bonchev–Trinajstić information content (AvgIpc) is 2.90. The number of hydrogen-bond donors (Lipinski definition) is 4. The number of rotatable bonds is 15.